The standard InChI is InChI=1S/C15H13F3N2O/c16-11-5-13(18)14(6-12(11)17)20-7-10(8-21)15(19-20)9-3-1-2-4-9/h5-9H,1-4H2. The Morgan fingerprint density at radius 3 is 2.43 bits per heavy atom. The molecule has 0 N–H and O–H groups in total. The van der Waals surface area contributed by atoms with E-state index in [0.29, 0.717) is 23.6 Å². The molecule has 3 nitrogen and oxygen atoms in total. The van der Waals surface area contributed by atoms with Crippen molar-refractivity contribution in [2.45, 2.75) is 31.6 Å². The summed E-state index contributed by atoms with van der Waals surface area (Å²) in [4.78, 5) is 11.2. The Hall–Kier alpha value is -2.11. The van der Waals surface area contributed by atoms with E-state index >= 15 is 0 Å². The molecule has 0 amide bonds. The molecule has 6 heteroatoms. The smallest absolute Gasteiger partial charge is 0.161 e. The maximum atomic E-state index is 13.8. The highest BCUT2D eigenvalue weighted by atomic mass is 19.2. The van der Waals surface area contributed by atoms with Gasteiger partial charge in [-0.15, -0.1) is 0 Å². The number of rotatable bonds is 3. The third-order valence-corrected chi connectivity index (χ3v) is 3.88. The van der Waals surface area contributed by atoms with Crippen molar-refractivity contribution in [1.82, 2.24) is 9.78 Å². The van der Waals surface area contributed by atoms with Gasteiger partial charge in [-0.05, 0) is 12.8 Å². The lowest BCUT2D eigenvalue weighted by Crippen LogP contribution is -2.03. The number of halogens is 3. The summed E-state index contributed by atoms with van der Waals surface area (Å²) in [6, 6.07) is 1.22. The van der Waals surface area contributed by atoms with Crippen molar-refractivity contribution in [3.05, 3.63) is 47.0 Å². The van der Waals surface area contributed by atoms with E-state index in [1.807, 2.05) is 0 Å². The minimum atomic E-state index is -1.25. The molecule has 1 heterocycles. The molecule has 0 unspecified atom stereocenters. The number of aromatic nitrogens is 2. The average molecular weight is 294 g/mol. The van der Waals surface area contributed by atoms with E-state index in [4.69, 9.17) is 0 Å². The summed E-state index contributed by atoms with van der Waals surface area (Å²) in [5.41, 5.74) is 0.763. The lowest BCUT2D eigenvalue weighted by atomic mass is 10.0. The maximum absolute atomic E-state index is 13.8. The van der Waals surface area contributed by atoms with Crippen LogP contribution in [0.5, 0.6) is 0 Å². The van der Waals surface area contributed by atoms with Crippen LogP contribution in [0, 0.1) is 17.5 Å². The summed E-state index contributed by atoms with van der Waals surface area (Å²) in [7, 11) is 0. The molecular formula is C15H13F3N2O. The molecule has 0 aliphatic heterocycles. The van der Waals surface area contributed by atoms with Gasteiger partial charge in [0.15, 0.2) is 23.7 Å². The zero-order valence-corrected chi connectivity index (χ0v) is 11.2. The van der Waals surface area contributed by atoms with Crippen LogP contribution in [0.3, 0.4) is 0 Å². The van der Waals surface area contributed by atoms with E-state index in [2.05, 4.69) is 5.10 Å². The summed E-state index contributed by atoms with van der Waals surface area (Å²) in [6.07, 6.45) is 6.01. The number of hydrogen-bond donors (Lipinski definition) is 0. The number of carbonyl (C=O) groups is 1. The third kappa shape index (κ3) is 2.46. The molecule has 0 saturated heterocycles. The van der Waals surface area contributed by atoms with Crippen molar-refractivity contribution in [1.29, 1.82) is 0 Å². The van der Waals surface area contributed by atoms with Crippen LogP contribution in [-0.4, -0.2) is 16.1 Å². The third-order valence-electron chi connectivity index (χ3n) is 3.88. The summed E-state index contributed by atoms with van der Waals surface area (Å²) in [5, 5.41) is 4.22. The summed E-state index contributed by atoms with van der Waals surface area (Å²) < 4.78 is 41.1. The summed E-state index contributed by atoms with van der Waals surface area (Å²) in [5.74, 6) is -3.17. The fourth-order valence-electron chi connectivity index (χ4n) is 2.82. The van der Waals surface area contributed by atoms with Crippen molar-refractivity contribution in [2.75, 3.05) is 0 Å². The molecule has 1 fully saturated rings. The van der Waals surface area contributed by atoms with Crippen LogP contribution < -0.4 is 0 Å². The van der Waals surface area contributed by atoms with Crippen molar-refractivity contribution in [3.63, 3.8) is 0 Å². The SMILES string of the molecule is O=Cc1cn(-c2cc(F)c(F)cc2F)nc1C1CCCC1. The number of carbonyl (C=O) groups excluding carboxylic acids is 1. The highest BCUT2D eigenvalue weighted by Gasteiger charge is 2.24. The van der Waals surface area contributed by atoms with Crippen molar-refractivity contribution in [2.24, 2.45) is 0 Å². The van der Waals surface area contributed by atoms with Gasteiger partial charge in [0, 0.05) is 24.2 Å². The molecule has 0 radical (unpaired) electrons. The van der Waals surface area contributed by atoms with Gasteiger partial charge in [0.1, 0.15) is 5.69 Å². The molecule has 1 saturated carbocycles. The fourth-order valence-corrected chi connectivity index (χ4v) is 2.82. The van der Waals surface area contributed by atoms with Crippen LogP contribution in [0.25, 0.3) is 5.69 Å². The molecule has 0 spiro atoms. The van der Waals surface area contributed by atoms with Crippen LogP contribution >= 0.6 is 0 Å². The van der Waals surface area contributed by atoms with E-state index in [9.17, 15) is 18.0 Å². The largest absolute Gasteiger partial charge is 0.298 e. The second kappa shape index (κ2) is 5.35. The van der Waals surface area contributed by atoms with Gasteiger partial charge in [0.25, 0.3) is 0 Å². The average Bonchev–Trinajstić information content (AvgIpc) is 3.10. The Kier molecular flexibility index (Phi) is 3.53. The number of aldehydes is 1. The molecule has 21 heavy (non-hydrogen) atoms. The second-order valence-corrected chi connectivity index (χ2v) is 5.23. The lowest BCUT2D eigenvalue weighted by Gasteiger charge is -2.06. The lowest BCUT2D eigenvalue weighted by molar-refractivity contribution is 0.112. The predicted molar refractivity (Wildman–Crippen MR) is 70.0 cm³/mol. The van der Waals surface area contributed by atoms with Crippen molar-refractivity contribution < 1.29 is 18.0 Å². The fraction of sp³-hybridized carbons (Fsp3) is 0.333. The molecule has 0 atom stereocenters. The highest BCUT2D eigenvalue weighted by Crippen LogP contribution is 2.35. The molecular weight excluding hydrogens is 281 g/mol. The molecule has 1 aromatic heterocycles. The van der Waals surface area contributed by atoms with Gasteiger partial charge in [-0.25, -0.2) is 17.9 Å². The Morgan fingerprint density at radius 1 is 1.10 bits per heavy atom. The zero-order chi connectivity index (χ0) is 15.0. The summed E-state index contributed by atoms with van der Waals surface area (Å²) in [6.45, 7) is 0. The van der Waals surface area contributed by atoms with E-state index in [1.165, 1.54) is 6.20 Å². The van der Waals surface area contributed by atoms with Gasteiger partial charge in [-0.1, -0.05) is 12.8 Å². The number of benzene rings is 1. The second-order valence-electron chi connectivity index (χ2n) is 5.23. The van der Waals surface area contributed by atoms with Crippen LogP contribution in [0.2, 0.25) is 0 Å². The molecule has 0 bridgehead atoms. The Morgan fingerprint density at radius 2 is 1.76 bits per heavy atom. The van der Waals surface area contributed by atoms with Gasteiger partial charge in [-0.3, -0.25) is 4.79 Å². The first kappa shape index (κ1) is 13.9. The quantitative estimate of drug-likeness (QED) is 0.638. The van der Waals surface area contributed by atoms with Gasteiger partial charge in [0.05, 0.1) is 11.3 Å². The van der Waals surface area contributed by atoms with Crippen LogP contribution in [0.1, 0.15) is 47.7 Å². The van der Waals surface area contributed by atoms with Crippen LogP contribution in [0.15, 0.2) is 18.3 Å². The molecule has 110 valence electrons. The Bertz CT molecular complexity index is 690. The van der Waals surface area contributed by atoms with Crippen molar-refractivity contribution >= 4 is 6.29 Å². The molecule has 2 aromatic rings. The van der Waals surface area contributed by atoms with E-state index in [0.717, 1.165) is 36.4 Å². The first-order valence-electron chi connectivity index (χ1n) is 6.80. The highest BCUT2D eigenvalue weighted by molar-refractivity contribution is 5.76. The minimum absolute atomic E-state index is 0.166. The van der Waals surface area contributed by atoms with E-state index in [1.54, 1.807) is 0 Å². The number of hydrogen-bond acceptors (Lipinski definition) is 2. The normalized spacial score (nSPS) is 15.6. The van der Waals surface area contributed by atoms with Gasteiger partial charge >= 0.3 is 0 Å². The maximum Gasteiger partial charge on any atom is 0.161 e. The zero-order valence-electron chi connectivity index (χ0n) is 11.2. The molecule has 1 aliphatic carbocycles. The molecule has 1 aromatic carbocycles. The summed E-state index contributed by atoms with van der Waals surface area (Å²) >= 11 is 0. The Labute approximate surface area is 119 Å². The molecule has 1 aliphatic rings. The minimum Gasteiger partial charge on any atom is -0.298 e. The van der Waals surface area contributed by atoms with E-state index in [-0.39, 0.29) is 11.6 Å². The van der Waals surface area contributed by atoms with Gasteiger partial charge in [-0.2, -0.15) is 5.10 Å². The van der Waals surface area contributed by atoms with Gasteiger partial charge in [0.2, 0.25) is 0 Å². The van der Waals surface area contributed by atoms with Crippen LogP contribution in [0.4, 0.5) is 13.2 Å². The number of nitrogens with zero attached hydrogens (tertiary/aromatic N) is 2. The molecule has 3 rings (SSSR count). The van der Waals surface area contributed by atoms with Crippen LogP contribution in [-0.2, 0) is 0 Å². The predicted octanol–water partition coefficient (Wildman–Crippen LogP) is 3.76. The Balaban J connectivity index is 2.07. The topological polar surface area (TPSA) is 34.9 Å². The van der Waals surface area contributed by atoms with Gasteiger partial charge < -0.3 is 0 Å². The first-order valence-corrected chi connectivity index (χ1v) is 6.80. The monoisotopic (exact) mass is 294 g/mol. The first-order chi connectivity index (χ1) is 10.1. The van der Waals surface area contributed by atoms with Crippen molar-refractivity contribution in [3.8, 4) is 5.69 Å². The van der Waals surface area contributed by atoms with E-state index < -0.39 is 17.5 Å².